The smallest absolute Gasteiger partial charge is 0.337 e. The van der Waals surface area contributed by atoms with Crippen LogP contribution >= 0.6 is 0 Å². The molecule has 1 heterocycles. The Hall–Kier alpha value is -2.67. The summed E-state index contributed by atoms with van der Waals surface area (Å²) in [6, 6.07) is 11.3. The van der Waals surface area contributed by atoms with Gasteiger partial charge in [0.1, 0.15) is 6.61 Å². The number of carboxylic acids is 1. The number of aliphatic hydroxyl groups is 1. The van der Waals surface area contributed by atoms with E-state index < -0.39 is 11.6 Å². The summed E-state index contributed by atoms with van der Waals surface area (Å²) >= 11 is 0. The summed E-state index contributed by atoms with van der Waals surface area (Å²) in [5.41, 5.74) is -0.231. The topological polar surface area (TPSA) is 105 Å². The van der Waals surface area contributed by atoms with Crippen molar-refractivity contribution in [2.24, 2.45) is 0 Å². The zero-order valence-corrected chi connectivity index (χ0v) is 13.0. The molecule has 0 aliphatic heterocycles. The molecule has 0 fully saturated rings. The zero-order valence-electron chi connectivity index (χ0n) is 13.0. The number of ether oxygens (including phenoxy) is 1. The lowest BCUT2D eigenvalue weighted by Crippen LogP contribution is -2.42. The van der Waals surface area contributed by atoms with Gasteiger partial charge in [-0.25, -0.2) is 9.78 Å². The van der Waals surface area contributed by atoms with E-state index in [2.05, 4.69) is 15.3 Å². The second-order valence-electron chi connectivity index (χ2n) is 5.38. The van der Waals surface area contributed by atoms with Gasteiger partial charge in [-0.3, -0.25) is 0 Å². The maximum atomic E-state index is 10.9. The van der Waals surface area contributed by atoms with Crippen LogP contribution in [-0.4, -0.2) is 38.3 Å². The molecule has 3 N–H and O–H groups in total. The van der Waals surface area contributed by atoms with Crippen molar-refractivity contribution in [3.63, 3.8) is 0 Å². The lowest BCUT2D eigenvalue weighted by molar-refractivity contribution is -0.155. The minimum atomic E-state index is -1.90. The summed E-state index contributed by atoms with van der Waals surface area (Å²) < 4.78 is 5.62. The highest BCUT2D eigenvalue weighted by molar-refractivity contribution is 5.77. The Kier molecular flexibility index (Phi) is 5.13. The van der Waals surface area contributed by atoms with E-state index in [-0.39, 0.29) is 12.5 Å². The minimum absolute atomic E-state index is 0.203. The van der Waals surface area contributed by atoms with Crippen LogP contribution in [-0.2, 0) is 11.4 Å². The summed E-state index contributed by atoms with van der Waals surface area (Å²) in [5.74, 6) is -0.744. The maximum absolute atomic E-state index is 10.9. The molecule has 7 heteroatoms. The molecule has 122 valence electrons. The number of aryl methyl sites for hydroxylation is 1. The summed E-state index contributed by atoms with van der Waals surface area (Å²) in [5, 5.41) is 21.3. The Bertz CT molecular complexity index is 674. The van der Waals surface area contributed by atoms with E-state index in [1.165, 1.54) is 6.92 Å². The Morgan fingerprint density at radius 2 is 2.00 bits per heavy atom. The largest absolute Gasteiger partial charge is 0.479 e. The van der Waals surface area contributed by atoms with Crippen molar-refractivity contribution >= 4 is 11.9 Å². The highest BCUT2D eigenvalue weighted by Gasteiger charge is 2.29. The fourth-order valence-corrected chi connectivity index (χ4v) is 1.75. The predicted octanol–water partition coefficient (Wildman–Crippen LogP) is 1.61. The SMILES string of the molecule is Cc1cc(OCc2ccccc2)nc(NCC(C)(O)C(=O)O)n1. The van der Waals surface area contributed by atoms with E-state index in [1.54, 1.807) is 13.0 Å². The number of hydrogen-bond donors (Lipinski definition) is 3. The van der Waals surface area contributed by atoms with Gasteiger partial charge >= 0.3 is 5.97 Å². The number of rotatable bonds is 7. The van der Waals surface area contributed by atoms with E-state index in [0.29, 0.717) is 18.2 Å². The first kappa shape index (κ1) is 16.7. The van der Waals surface area contributed by atoms with Gasteiger partial charge in [0, 0.05) is 11.8 Å². The number of aliphatic carboxylic acids is 1. The number of aromatic nitrogens is 2. The number of carboxylic acid groups (broad SMARTS) is 1. The first-order valence-electron chi connectivity index (χ1n) is 7.09. The second-order valence-corrected chi connectivity index (χ2v) is 5.38. The zero-order chi connectivity index (χ0) is 16.9. The van der Waals surface area contributed by atoms with Crippen molar-refractivity contribution in [2.75, 3.05) is 11.9 Å². The molecule has 0 saturated heterocycles. The third kappa shape index (κ3) is 4.93. The lowest BCUT2D eigenvalue weighted by Gasteiger charge is -2.18. The van der Waals surface area contributed by atoms with E-state index >= 15 is 0 Å². The van der Waals surface area contributed by atoms with Gasteiger partial charge in [0.2, 0.25) is 11.8 Å². The standard InChI is InChI=1S/C16H19N3O4/c1-11-8-13(23-9-12-6-4-3-5-7-12)19-15(18-11)17-10-16(2,22)14(20)21/h3-8,22H,9-10H2,1-2H3,(H,20,21)(H,17,18,19). The van der Waals surface area contributed by atoms with E-state index in [0.717, 1.165) is 5.56 Å². The van der Waals surface area contributed by atoms with Crippen molar-refractivity contribution < 1.29 is 19.7 Å². The number of hydrogen-bond acceptors (Lipinski definition) is 6. The Morgan fingerprint density at radius 1 is 1.30 bits per heavy atom. The molecule has 1 aromatic carbocycles. The van der Waals surface area contributed by atoms with Crippen molar-refractivity contribution in [3.8, 4) is 5.88 Å². The Labute approximate surface area is 134 Å². The van der Waals surface area contributed by atoms with Gasteiger partial charge in [0.15, 0.2) is 5.60 Å². The van der Waals surface area contributed by atoms with Gasteiger partial charge in [0.05, 0.1) is 6.54 Å². The molecular weight excluding hydrogens is 298 g/mol. The molecule has 7 nitrogen and oxygen atoms in total. The van der Waals surface area contributed by atoms with Gasteiger partial charge in [-0.05, 0) is 19.4 Å². The molecule has 2 rings (SSSR count). The number of anilines is 1. The van der Waals surface area contributed by atoms with E-state index in [9.17, 15) is 9.90 Å². The maximum Gasteiger partial charge on any atom is 0.337 e. The molecule has 0 amide bonds. The Morgan fingerprint density at radius 3 is 2.65 bits per heavy atom. The Balaban J connectivity index is 2.02. The average molecular weight is 317 g/mol. The van der Waals surface area contributed by atoms with Crippen LogP contribution in [0.5, 0.6) is 5.88 Å². The number of nitrogens with one attached hydrogen (secondary N) is 1. The van der Waals surface area contributed by atoms with Crippen molar-refractivity contribution in [1.29, 1.82) is 0 Å². The van der Waals surface area contributed by atoms with Crippen LogP contribution in [0.4, 0.5) is 5.95 Å². The molecule has 0 aliphatic rings. The first-order valence-corrected chi connectivity index (χ1v) is 7.09. The van der Waals surface area contributed by atoms with Crippen LogP contribution in [0, 0.1) is 6.92 Å². The summed E-state index contributed by atoms with van der Waals surface area (Å²) in [6.45, 7) is 3.12. The molecule has 2 aromatic rings. The van der Waals surface area contributed by atoms with Crippen LogP contribution in [0.3, 0.4) is 0 Å². The highest BCUT2D eigenvalue weighted by Crippen LogP contribution is 2.15. The number of benzene rings is 1. The second kappa shape index (κ2) is 7.06. The average Bonchev–Trinajstić information content (AvgIpc) is 2.51. The molecule has 23 heavy (non-hydrogen) atoms. The fraction of sp³-hybridized carbons (Fsp3) is 0.312. The summed E-state index contributed by atoms with van der Waals surface area (Å²) in [7, 11) is 0. The van der Waals surface area contributed by atoms with Gasteiger partial charge < -0.3 is 20.3 Å². The predicted molar refractivity (Wildman–Crippen MR) is 84.3 cm³/mol. The highest BCUT2D eigenvalue weighted by atomic mass is 16.5. The van der Waals surface area contributed by atoms with Crippen LogP contribution in [0.1, 0.15) is 18.2 Å². The van der Waals surface area contributed by atoms with Crippen LogP contribution in [0.2, 0.25) is 0 Å². The quantitative estimate of drug-likeness (QED) is 0.712. The number of nitrogens with zero attached hydrogens (tertiary/aromatic N) is 2. The third-order valence-electron chi connectivity index (χ3n) is 3.11. The third-order valence-corrected chi connectivity index (χ3v) is 3.11. The van der Waals surface area contributed by atoms with Crippen LogP contribution in [0.25, 0.3) is 0 Å². The molecule has 0 saturated carbocycles. The van der Waals surface area contributed by atoms with Crippen LogP contribution in [0.15, 0.2) is 36.4 Å². The molecular formula is C16H19N3O4. The molecule has 0 spiro atoms. The first-order chi connectivity index (χ1) is 10.9. The van der Waals surface area contributed by atoms with Crippen molar-refractivity contribution in [2.45, 2.75) is 26.1 Å². The van der Waals surface area contributed by atoms with Gasteiger partial charge in [-0.1, -0.05) is 30.3 Å². The molecule has 1 aromatic heterocycles. The minimum Gasteiger partial charge on any atom is -0.479 e. The summed E-state index contributed by atoms with van der Waals surface area (Å²) in [6.07, 6.45) is 0. The number of carbonyl (C=O) groups is 1. The van der Waals surface area contributed by atoms with Gasteiger partial charge in [-0.15, -0.1) is 0 Å². The van der Waals surface area contributed by atoms with E-state index in [1.807, 2.05) is 30.3 Å². The molecule has 0 aliphatic carbocycles. The van der Waals surface area contributed by atoms with Gasteiger partial charge in [-0.2, -0.15) is 4.98 Å². The summed E-state index contributed by atoms with van der Waals surface area (Å²) in [4.78, 5) is 19.2. The van der Waals surface area contributed by atoms with Gasteiger partial charge in [0.25, 0.3) is 0 Å². The lowest BCUT2D eigenvalue weighted by atomic mass is 10.1. The van der Waals surface area contributed by atoms with Crippen molar-refractivity contribution in [3.05, 3.63) is 47.7 Å². The molecule has 0 bridgehead atoms. The molecule has 1 atom stereocenters. The fourth-order valence-electron chi connectivity index (χ4n) is 1.75. The monoisotopic (exact) mass is 317 g/mol. The van der Waals surface area contributed by atoms with Crippen molar-refractivity contribution in [1.82, 2.24) is 9.97 Å². The van der Waals surface area contributed by atoms with Crippen LogP contribution < -0.4 is 10.1 Å². The molecule has 1 unspecified atom stereocenters. The molecule has 0 radical (unpaired) electrons. The normalized spacial score (nSPS) is 13.2. The van der Waals surface area contributed by atoms with E-state index in [4.69, 9.17) is 9.84 Å².